The van der Waals surface area contributed by atoms with E-state index >= 15 is 0 Å². The average Bonchev–Trinajstić information content (AvgIpc) is 2.54. The van der Waals surface area contributed by atoms with Crippen LogP contribution in [0, 0.1) is 5.82 Å². The lowest BCUT2D eigenvalue weighted by molar-refractivity contribution is 0.293. The van der Waals surface area contributed by atoms with E-state index in [-0.39, 0.29) is 18.0 Å². The quantitative estimate of drug-likeness (QED) is 0.646. The van der Waals surface area contributed by atoms with Crippen LogP contribution in [0.1, 0.15) is 38.3 Å². The van der Waals surface area contributed by atoms with E-state index in [0.717, 1.165) is 12.0 Å². The van der Waals surface area contributed by atoms with Gasteiger partial charge in [-0.2, -0.15) is 0 Å². The normalized spacial score (nSPS) is 11.6. The molecular weight excluding hydrogens is 348 g/mol. The Morgan fingerprint density at radius 3 is 2.58 bits per heavy atom. The van der Waals surface area contributed by atoms with Gasteiger partial charge in [0, 0.05) is 28.2 Å². The molecule has 0 saturated carbocycles. The summed E-state index contributed by atoms with van der Waals surface area (Å²) in [5, 5.41) is 4.47. The van der Waals surface area contributed by atoms with Crippen LogP contribution in [-0.4, -0.2) is 5.54 Å². The maximum Gasteiger partial charge on any atom is 0.131 e. The fourth-order valence-corrected chi connectivity index (χ4v) is 2.52. The van der Waals surface area contributed by atoms with E-state index in [2.05, 4.69) is 26.1 Å². The van der Waals surface area contributed by atoms with Gasteiger partial charge in [-0.3, -0.25) is 0 Å². The van der Waals surface area contributed by atoms with Crippen molar-refractivity contribution in [3.8, 4) is 5.75 Å². The first kappa shape index (κ1) is 19.0. The van der Waals surface area contributed by atoms with Crippen molar-refractivity contribution < 1.29 is 9.13 Å². The van der Waals surface area contributed by atoms with Gasteiger partial charge in [-0.15, -0.1) is 0 Å². The van der Waals surface area contributed by atoms with Gasteiger partial charge >= 0.3 is 0 Å². The smallest absolute Gasteiger partial charge is 0.131 e. The molecule has 0 aliphatic carbocycles. The van der Waals surface area contributed by atoms with Crippen LogP contribution in [0.2, 0.25) is 10.0 Å². The highest BCUT2D eigenvalue weighted by molar-refractivity contribution is 6.31. The van der Waals surface area contributed by atoms with Crippen LogP contribution >= 0.6 is 23.2 Å². The summed E-state index contributed by atoms with van der Waals surface area (Å²) in [6.07, 6.45) is 0.995. The Bertz CT molecular complexity index is 684. The third-order valence-electron chi connectivity index (χ3n) is 4.10. The maximum atomic E-state index is 13.9. The molecule has 2 nitrogen and oxygen atoms in total. The summed E-state index contributed by atoms with van der Waals surface area (Å²) in [6, 6.07) is 10.0. The van der Waals surface area contributed by atoms with Gasteiger partial charge in [0.15, 0.2) is 0 Å². The first-order valence-electron chi connectivity index (χ1n) is 7.91. The van der Waals surface area contributed by atoms with Crippen molar-refractivity contribution in [1.82, 2.24) is 5.32 Å². The Hall–Kier alpha value is -1.29. The molecule has 0 radical (unpaired) electrons. The molecule has 2 aromatic rings. The largest absolute Gasteiger partial charge is 0.488 e. The molecule has 0 amide bonds. The number of hydrogen-bond donors (Lipinski definition) is 1. The van der Waals surface area contributed by atoms with Crippen molar-refractivity contribution in [2.75, 3.05) is 0 Å². The molecule has 0 spiro atoms. The lowest BCUT2D eigenvalue weighted by Crippen LogP contribution is -2.37. The van der Waals surface area contributed by atoms with Crippen LogP contribution in [0.4, 0.5) is 4.39 Å². The van der Waals surface area contributed by atoms with E-state index in [1.165, 1.54) is 6.07 Å². The summed E-state index contributed by atoms with van der Waals surface area (Å²) < 4.78 is 19.7. The monoisotopic (exact) mass is 369 g/mol. The van der Waals surface area contributed by atoms with Crippen LogP contribution in [0.15, 0.2) is 36.4 Å². The van der Waals surface area contributed by atoms with E-state index in [1.54, 1.807) is 24.3 Å². The first-order valence-corrected chi connectivity index (χ1v) is 8.67. The van der Waals surface area contributed by atoms with Crippen LogP contribution in [-0.2, 0) is 13.2 Å². The van der Waals surface area contributed by atoms with Gasteiger partial charge in [-0.1, -0.05) is 36.2 Å². The second kappa shape index (κ2) is 8.19. The second-order valence-electron chi connectivity index (χ2n) is 6.33. The van der Waals surface area contributed by atoms with Gasteiger partial charge in [0.25, 0.3) is 0 Å². The van der Waals surface area contributed by atoms with Crippen molar-refractivity contribution in [2.24, 2.45) is 0 Å². The molecule has 130 valence electrons. The fraction of sp³-hybridized carbons (Fsp3) is 0.368. The van der Waals surface area contributed by atoms with Gasteiger partial charge < -0.3 is 10.1 Å². The third kappa shape index (κ3) is 5.10. The molecular formula is C19H22Cl2FNO. The molecule has 0 unspecified atom stereocenters. The van der Waals surface area contributed by atoms with E-state index in [4.69, 9.17) is 27.9 Å². The minimum absolute atomic E-state index is 0.00837. The highest BCUT2D eigenvalue weighted by atomic mass is 35.5. The molecule has 0 aliphatic rings. The summed E-state index contributed by atoms with van der Waals surface area (Å²) in [4.78, 5) is 0. The van der Waals surface area contributed by atoms with Crippen LogP contribution in [0.5, 0.6) is 5.75 Å². The zero-order chi connectivity index (χ0) is 17.7. The Labute approximate surface area is 152 Å². The number of rotatable bonds is 7. The fourth-order valence-electron chi connectivity index (χ4n) is 2.11. The van der Waals surface area contributed by atoms with E-state index in [0.29, 0.717) is 27.9 Å². The summed E-state index contributed by atoms with van der Waals surface area (Å²) in [5.41, 5.74) is 1.28. The molecule has 0 bridgehead atoms. The predicted molar refractivity (Wildman–Crippen MR) is 98.4 cm³/mol. The van der Waals surface area contributed by atoms with Crippen LogP contribution in [0.3, 0.4) is 0 Å². The molecule has 2 aromatic carbocycles. The molecule has 0 heterocycles. The molecule has 2 rings (SSSR count). The standard InChI is InChI=1S/C19H22Cl2FNO/c1-4-19(2,3)23-11-13-10-14(20)8-9-18(13)24-12-15-16(21)6-5-7-17(15)22/h5-10,23H,4,11-12H2,1-3H3. The second-order valence-corrected chi connectivity index (χ2v) is 7.18. The first-order chi connectivity index (χ1) is 11.3. The molecule has 0 atom stereocenters. The average molecular weight is 370 g/mol. The lowest BCUT2D eigenvalue weighted by atomic mass is 10.0. The van der Waals surface area contributed by atoms with Crippen LogP contribution < -0.4 is 10.1 Å². The predicted octanol–water partition coefficient (Wildman–Crippen LogP) is 5.99. The zero-order valence-corrected chi connectivity index (χ0v) is 15.6. The summed E-state index contributed by atoms with van der Waals surface area (Å²) >= 11 is 12.2. The minimum Gasteiger partial charge on any atom is -0.488 e. The number of benzene rings is 2. The molecule has 0 aliphatic heterocycles. The van der Waals surface area contributed by atoms with Gasteiger partial charge in [-0.05, 0) is 50.6 Å². The number of halogens is 3. The summed E-state index contributed by atoms with van der Waals surface area (Å²) in [7, 11) is 0. The number of ether oxygens (including phenoxy) is 1. The van der Waals surface area contributed by atoms with Gasteiger partial charge in [0.2, 0.25) is 0 Å². The van der Waals surface area contributed by atoms with Crippen molar-refractivity contribution in [1.29, 1.82) is 0 Å². The van der Waals surface area contributed by atoms with E-state index in [1.807, 2.05) is 6.07 Å². The SMILES string of the molecule is CCC(C)(C)NCc1cc(Cl)ccc1OCc1c(F)cccc1Cl. The highest BCUT2D eigenvalue weighted by Crippen LogP contribution is 2.26. The van der Waals surface area contributed by atoms with Gasteiger partial charge in [0.05, 0.1) is 5.02 Å². The van der Waals surface area contributed by atoms with Gasteiger partial charge in [-0.25, -0.2) is 4.39 Å². The Kier molecular flexibility index (Phi) is 6.50. The Morgan fingerprint density at radius 2 is 1.92 bits per heavy atom. The minimum atomic E-state index is -0.372. The van der Waals surface area contributed by atoms with Crippen LogP contribution in [0.25, 0.3) is 0 Å². The molecule has 5 heteroatoms. The topological polar surface area (TPSA) is 21.3 Å². The third-order valence-corrected chi connectivity index (χ3v) is 4.69. The lowest BCUT2D eigenvalue weighted by Gasteiger charge is -2.25. The maximum absolute atomic E-state index is 13.9. The van der Waals surface area contributed by atoms with E-state index in [9.17, 15) is 4.39 Å². The molecule has 0 aromatic heterocycles. The number of hydrogen-bond acceptors (Lipinski definition) is 2. The summed E-state index contributed by atoms with van der Waals surface area (Å²) in [6.45, 7) is 7.08. The van der Waals surface area contributed by atoms with Crippen molar-refractivity contribution in [3.05, 3.63) is 63.4 Å². The summed E-state index contributed by atoms with van der Waals surface area (Å²) in [5.74, 6) is 0.293. The number of nitrogens with one attached hydrogen (secondary N) is 1. The molecule has 24 heavy (non-hydrogen) atoms. The van der Waals surface area contributed by atoms with Crippen molar-refractivity contribution >= 4 is 23.2 Å². The van der Waals surface area contributed by atoms with E-state index < -0.39 is 0 Å². The van der Waals surface area contributed by atoms with Crippen molar-refractivity contribution in [3.63, 3.8) is 0 Å². The Balaban J connectivity index is 2.15. The molecule has 0 fully saturated rings. The molecule has 1 N–H and O–H groups in total. The highest BCUT2D eigenvalue weighted by Gasteiger charge is 2.16. The van der Waals surface area contributed by atoms with Crippen molar-refractivity contribution in [2.45, 2.75) is 45.9 Å². The van der Waals surface area contributed by atoms with Gasteiger partial charge in [0.1, 0.15) is 18.2 Å². The Morgan fingerprint density at radius 1 is 1.17 bits per heavy atom. The molecule has 0 saturated heterocycles. The zero-order valence-electron chi connectivity index (χ0n) is 14.1.